The van der Waals surface area contributed by atoms with E-state index in [0.717, 1.165) is 59.7 Å². The molecule has 0 spiro atoms. The summed E-state index contributed by atoms with van der Waals surface area (Å²) in [5, 5.41) is 3.25. The third kappa shape index (κ3) is 7.78. The van der Waals surface area contributed by atoms with E-state index in [0.29, 0.717) is 13.0 Å². The summed E-state index contributed by atoms with van der Waals surface area (Å²) in [5.41, 5.74) is 1.89. The number of benzene rings is 1. The molecule has 1 saturated carbocycles. The fraction of sp³-hybridized carbons (Fsp3) is 0.759. The Kier molecular flexibility index (Phi) is 10.4. The minimum Gasteiger partial charge on any atom is -0.497 e. The molecule has 4 rings (SSSR count). The van der Waals surface area contributed by atoms with Crippen molar-refractivity contribution in [1.82, 2.24) is 19.4 Å². The second-order valence-electron chi connectivity index (χ2n) is 11.5. The molecule has 2 aliphatic heterocycles. The number of nitrogens with one attached hydrogen (secondary N) is 1. The maximum Gasteiger partial charge on any atom is 0.221 e. The maximum absolute atomic E-state index is 13.1. The number of amides is 1. The lowest BCUT2D eigenvalue weighted by Gasteiger charge is -2.41. The molecule has 1 amide bonds. The SMILES string of the molecule is COc1cc(C)c(S(=O)N(C)CCC(=O)NC2CCN(C3CCC(CN4CCCC4)CC3)CC2)c(C)c1. The molecular formula is C29H48N4O3S. The maximum atomic E-state index is 13.1. The summed E-state index contributed by atoms with van der Waals surface area (Å²) in [5.74, 6) is 1.73. The molecular weight excluding hydrogens is 484 g/mol. The van der Waals surface area contributed by atoms with E-state index in [-0.39, 0.29) is 11.9 Å². The van der Waals surface area contributed by atoms with Crippen LogP contribution in [0.25, 0.3) is 0 Å². The number of likely N-dealkylation sites (tertiary alicyclic amines) is 2. The highest BCUT2D eigenvalue weighted by Gasteiger charge is 2.30. The van der Waals surface area contributed by atoms with Gasteiger partial charge in [0.05, 0.1) is 12.0 Å². The van der Waals surface area contributed by atoms with Crippen LogP contribution in [0.5, 0.6) is 5.75 Å². The first-order valence-corrected chi connectivity index (χ1v) is 15.5. The summed E-state index contributed by atoms with van der Waals surface area (Å²) in [6.07, 6.45) is 10.6. The van der Waals surface area contributed by atoms with Crippen molar-refractivity contribution in [3.8, 4) is 5.75 Å². The van der Waals surface area contributed by atoms with E-state index in [1.54, 1.807) is 11.4 Å². The molecule has 8 heteroatoms. The number of piperidine rings is 1. The summed E-state index contributed by atoms with van der Waals surface area (Å²) in [4.78, 5) is 18.9. The van der Waals surface area contributed by atoms with Crippen LogP contribution in [0.2, 0.25) is 0 Å². The van der Waals surface area contributed by atoms with Gasteiger partial charge >= 0.3 is 0 Å². The molecule has 1 aromatic carbocycles. The first-order chi connectivity index (χ1) is 17.8. The van der Waals surface area contributed by atoms with Crippen molar-refractivity contribution in [2.24, 2.45) is 5.92 Å². The molecule has 1 aliphatic carbocycles. The normalized spacial score (nSPS) is 24.9. The fourth-order valence-electron chi connectivity index (χ4n) is 6.53. The fourth-order valence-corrected chi connectivity index (χ4v) is 7.77. The molecule has 0 radical (unpaired) electrons. The van der Waals surface area contributed by atoms with Crippen molar-refractivity contribution < 1.29 is 13.7 Å². The summed E-state index contributed by atoms with van der Waals surface area (Å²) in [7, 11) is 2.16. The molecule has 0 bridgehead atoms. The van der Waals surface area contributed by atoms with Crippen molar-refractivity contribution >= 4 is 16.9 Å². The molecule has 7 nitrogen and oxygen atoms in total. The molecule has 3 fully saturated rings. The molecule has 37 heavy (non-hydrogen) atoms. The van der Waals surface area contributed by atoms with E-state index < -0.39 is 11.0 Å². The second-order valence-corrected chi connectivity index (χ2v) is 13.0. The van der Waals surface area contributed by atoms with Gasteiger partial charge in [0.15, 0.2) is 0 Å². The average molecular weight is 533 g/mol. The highest BCUT2D eigenvalue weighted by atomic mass is 32.2. The Labute approximate surface area is 226 Å². The van der Waals surface area contributed by atoms with Gasteiger partial charge in [-0.15, -0.1) is 0 Å². The summed E-state index contributed by atoms with van der Waals surface area (Å²) in [6.45, 7) is 10.5. The van der Waals surface area contributed by atoms with Gasteiger partial charge in [-0.05, 0) is 107 Å². The van der Waals surface area contributed by atoms with Crippen molar-refractivity contribution in [1.29, 1.82) is 0 Å². The second kappa shape index (κ2) is 13.5. The number of hydrogen-bond donors (Lipinski definition) is 1. The van der Waals surface area contributed by atoms with Gasteiger partial charge in [0.2, 0.25) is 5.91 Å². The largest absolute Gasteiger partial charge is 0.497 e. The van der Waals surface area contributed by atoms with Gasteiger partial charge in [-0.2, -0.15) is 0 Å². The van der Waals surface area contributed by atoms with Crippen molar-refractivity contribution in [3.63, 3.8) is 0 Å². The van der Waals surface area contributed by atoms with E-state index in [1.807, 2.05) is 33.0 Å². The van der Waals surface area contributed by atoms with Gasteiger partial charge < -0.3 is 19.9 Å². The number of nitrogens with zero attached hydrogens (tertiary/aromatic N) is 3. The smallest absolute Gasteiger partial charge is 0.221 e. The number of methoxy groups -OCH3 is 1. The number of aryl methyl sites for hydroxylation is 2. The molecule has 1 atom stereocenters. The Balaban J connectivity index is 1.14. The Morgan fingerprint density at radius 1 is 1.03 bits per heavy atom. The van der Waals surface area contributed by atoms with E-state index in [2.05, 4.69) is 15.1 Å². The predicted molar refractivity (Wildman–Crippen MR) is 150 cm³/mol. The zero-order chi connectivity index (χ0) is 26.4. The van der Waals surface area contributed by atoms with E-state index >= 15 is 0 Å². The molecule has 1 aromatic rings. The van der Waals surface area contributed by atoms with E-state index in [4.69, 9.17) is 4.74 Å². The predicted octanol–water partition coefficient (Wildman–Crippen LogP) is 3.89. The Morgan fingerprint density at radius 2 is 1.65 bits per heavy atom. The minimum atomic E-state index is -1.31. The quantitative estimate of drug-likeness (QED) is 0.495. The molecule has 3 aliphatic rings. The Morgan fingerprint density at radius 3 is 2.24 bits per heavy atom. The zero-order valence-corrected chi connectivity index (χ0v) is 24.3. The lowest BCUT2D eigenvalue weighted by Crippen LogP contribution is -2.49. The van der Waals surface area contributed by atoms with Gasteiger partial charge in [0.1, 0.15) is 16.7 Å². The van der Waals surface area contributed by atoms with Crippen LogP contribution in [-0.4, -0.2) is 89.7 Å². The Bertz CT molecular complexity index is 897. The van der Waals surface area contributed by atoms with Crippen LogP contribution >= 0.6 is 0 Å². The van der Waals surface area contributed by atoms with Crippen LogP contribution in [0, 0.1) is 19.8 Å². The van der Waals surface area contributed by atoms with Crippen LogP contribution in [0.1, 0.15) is 68.9 Å². The van der Waals surface area contributed by atoms with Gasteiger partial charge in [-0.25, -0.2) is 8.51 Å². The van der Waals surface area contributed by atoms with Crippen LogP contribution in [-0.2, 0) is 15.8 Å². The number of hydrogen-bond acceptors (Lipinski definition) is 5. The first kappa shape index (κ1) is 28.5. The summed E-state index contributed by atoms with van der Waals surface area (Å²) in [6, 6.07) is 4.82. The van der Waals surface area contributed by atoms with Crippen LogP contribution in [0.15, 0.2) is 17.0 Å². The molecule has 0 aromatic heterocycles. The summed E-state index contributed by atoms with van der Waals surface area (Å²) < 4.78 is 20.2. The van der Waals surface area contributed by atoms with Gasteiger partial charge in [0, 0.05) is 51.7 Å². The van der Waals surface area contributed by atoms with E-state index in [9.17, 15) is 9.00 Å². The summed E-state index contributed by atoms with van der Waals surface area (Å²) >= 11 is 0. The lowest BCUT2D eigenvalue weighted by atomic mass is 9.84. The highest BCUT2D eigenvalue weighted by Crippen LogP contribution is 2.31. The number of rotatable bonds is 10. The third-order valence-corrected chi connectivity index (χ3v) is 10.5. The standard InChI is InChI=1S/C29H48N4O3S/c1-22-19-27(36-4)20-23(2)29(22)37(35)31(3)16-13-28(34)30-25-11-17-33(18-12-25)26-9-7-24(8-10-26)21-32-14-5-6-15-32/h19-20,24-26H,5-18,21H2,1-4H3,(H,30,34). The minimum absolute atomic E-state index is 0.0629. The number of ether oxygens (including phenoxy) is 1. The zero-order valence-electron chi connectivity index (χ0n) is 23.5. The van der Waals surface area contributed by atoms with Crippen molar-refractivity contribution in [3.05, 3.63) is 23.3 Å². The van der Waals surface area contributed by atoms with Crippen LogP contribution < -0.4 is 10.1 Å². The van der Waals surface area contributed by atoms with E-state index in [1.165, 1.54) is 58.2 Å². The number of carbonyl (C=O) groups excluding carboxylic acids is 1. The van der Waals surface area contributed by atoms with Gasteiger partial charge in [-0.3, -0.25) is 4.79 Å². The van der Waals surface area contributed by atoms with Gasteiger partial charge in [0.25, 0.3) is 0 Å². The van der Waals surface area contributed by atoms with Crippen molar-refractivity contribution in [2.45, 2.75) is 88.6 Å². The molecule has 1 unspecified atom stereocenters. The van der Waals surface area contributed by atoms with Gasteiger partial charge in [-0.1, -0.05) is 0 Å². The topological polar surface area (TPSA) is 65.1 Å². The van der Waals surface area contributed by atoms with Crippen molar-refractivity contribution in [2.75, 3.05) is 53.4 Å². The highest BCUT2D eigenvalue weighted by molar-refractivity contribution is 7.82. The van der Waals surface area contributed by atoms with Crippen LogP contribution in [0.4, 0.5) is 0 Å². The third-order valence-electron chi connectivity index (χ3n) is 8.72. The molecule has 2 saturated heterocycles. The monoisotopic (exact) mass is 532 g/mol. The molecule has 2 heterocycles. The lowest BCUT2D eigenvalue weighted by molar-refractivity contribution is -0.122. The Hall–Kier alpha value is -1.48. The average Bonchev–Trinajstić information content (AvgIpc) is 3.40. The van der Waals surface area contributed by atoms with Crippen LogP contribution in [0.3, 0.4) is 0 Å². The molecule has 208 valence electrons. The first-order valence-electron chi connectivity index (χ1n) is 14.4. The molecule has 1 N–H and O–H groups in total. The number of carbonyl (C=O) groups is 1.